The maximum atomic E-state index is 12.7. The number of nitrogens with zero attached hydrogens (tertiary/aromatic N) is 4. The Morgan fingerprint density at radius 3 is 2.70 bits per heavy atom. The van der Waals surface area contributed by atoms with Crippen molar-refractivity contribution in [2.45, 2.75) is 39.3 Å². The van der Waals surface area contributed by atoms with Crippen LogP contribution in [0, 0.1) is 5.92 Å². The van der Waals surface area contributed by atoms with Crippen molar-refractivity contribution in [1.82, 2.24) is 20.1 Å². The van der Waals surface area contributed by atoms with Crippen LogP contribution in [0.5, 0.6) is 0 Å². The van der Waals surface area contributed by atoms with Gasteiger partial charge in [0.25, 0.3) is 0 Å². The van der Waals surface area contributed by atoms with Gasteiger partial charge in [0.15, 0.2) is 0 Å². The number of carbonyl (C=O) groups is 1. The lowest BCUT2D eigenvalue weighted by Crippen LogP contribution is -2.43. The van der Waals surface area contributed by atoms with Gasteiger partial charge in [0, 0.05) is 25.6 Å². The van der Waals surface area contributed by atoms with Gasteiger partial charge in [-0.05, 0) is 67.8 Å². The molecule has 0 radical (unpaired) electrons. The molecule has 0 spiro atoms. The van der Waals surface area contributed by atoms with Crippen molar-refractivity contribution in [2.75, 3.05) is 20.1 Å². The van der Waals surface area contributed by atoms with E-state index in [1.807, 2.05) is 30.1 Å². The van der Waals surface area contributed by atoms with Crippen molar-refractivity contribution in [1.29, 1.82) is 0 Å². The summed E-state index contributed by atoms with van der Waals surface area (Å²) >= 11 is 0. The summed E-state index contributed by atoms with van der Waals surface area (Å²) in [6.07, 6.45) is 1.90. The zero-order valence-electron chi connectivity index (χ0n) is 14.0. The van der Waals surface area contributed by atoms with Gasteiger partial charge in [0.1, 0.15) is 11.0 Å². The Balaban J connectivity index is 1.59. The molecule has 1 saturated heterocycles. The second-order valence-electron chi connectivity index (χ2n) is 6.69. The van der Waals surface area contributed by atoms with Crippen molar-refractivity contribution in [3.05, 3.63) is 23.8 Å². The minimum Gasteiger partial charge on any atom is -0.341 e. The van der Waals surface area contributed by atoms with Gasteiger partial charge in [-0.25, -0.2) is 4.63 Å². The summed E-state index contributed by atoms with van der Waals surface area (Å²) in [6.45, 7) is 7.04. The summed E-state index contributed by atoms with van der Waals surface area (Å²) in [4.78, 5) is 16.9. The van der Waals surface area contributed by atoms with Crippen LogP contribution in [0.2, 0.25) is 0 Å². The normalized spacial score (nSPS) is 17.0. The van der Waals surface area contributed by atoms with Crippen molar-refractivity contribution in [2.24, 2.45) is 5.92 Å². The first-order valence-electron chi connectivity index (χ1n) is 8.25. The lowest BCUT2D eigenvalue weighted by Gasteiger charge is -2.35. The predicted octanol–water partition coefficient (Wildman–Crippen LogP) is 2.30. The Hall–Kier alpha value is -1.95. The molecule has 0 N–H and O–H groups in total. The molecule has 6 nitrogen and oxygen atoms in total. The molecule has 1 fully saturated rings. The van der Waals surface area contributed by atoms with E-state index in [9.17, 15) is 4.79 Å². The fourth-order valence-corrected chi connectivity index (χ4v) is 3.25. The lowest BCUT2D eigenvalue weighted by molar-refractivity contribution is -0.136. The number of fused-ring (bicyclic) bond motifs is 1. The first kappa shape index (κ1) is 15.9. The molecule has 23 heavy (non-hydrogen) atoms. The van der Waals surface area contributed by atoms with E-state index in [2.05, 4.69) is 29.1 Å². The number of benzene rings is 1. The minimum absolute atomic E-state index is 0.146. The smallest absolute Gasteiger partial charge is 0.225 e. The van der Waals surface area contributed by atoms with Crippen molar-refractivity contribution < 1.29 is 9.42 Å². The predicted molar refractivity (Wildman–Crippen MR) is 87.7 cm³/mol. The van der Waals surface area contributed by atoms with E-state index < -0.39 is 0 Å². The van der Waals surface area contributed by atoms with Gasteiger partial charge in [-0.15, -0.1) is 0 Å². The van der Waals surface area contributed by atoms with Crippen LogP contribution in [0.15, 0.2) is 22.8 Å². The molecule has 0 aliphatic carbocycles. The van der Waals surface area contributed by atoms with E-state index in [0.717, 1.165) is 42.5 Å². The molecule has 2 heterocycles. The number of piperidine rings is 1. The second-order valence-corrected chi connectivity index (χ2v) is 6.69. The molecular weight excluding hydrogens is 292 g/mol. The van der Waals surface area contributed by atoms with E-state index in [1.54, 1.807) is 0 Å². The molecule has 1 amide bonds. The van der Waals surface area contributed by atoms with Crippen molar-refractivity contribution in [3.8, 4) is 0 Å². The molecule has 1 aliphatic heterocycles. The number of hydrogen-bond donors (Lipinski definition) is 0. The average molecular weight is 316 g/mol. The van der Waals surface area contributed by atoms with Crippen LogP contribution in [0.1, 0.15) is 32.3 Å². The van der Waals surface area contributed by atoms with E-state index >= 15 is 0 Å². The van der Waals surface area contributed by atoms with Crippen LogP contribution in [0.3, 0.4) is 0 Å². The summed E-state index contributed by atoms with van der Waals surface area (Å²) in [5, 5.41) is 7.65. The van der Waals surface area contributed by atoms with Gasteiger partial charge in [-0.3, -0.25) is 4.79 Å². The molecule has 1 aromatic heterocycles. The Bertz CT molecular complexity index is 674. The zero-order chi connectivity index (χ0) is 16.4. The van der Waals surface area contributed by atoms with E-state index in [0.29, 0.717) is 12.6 Å². The van der Waals surface area contributed by atoms with Gasteiger partial charge >= 0.3 is 0 Å². The summed E-state index contributed by atoms with van der Waals surface area (Å²) in [5.41, 5.74) is 2.51. The highest BCUT2D eigenvalue weighted by Crippen LogP contribution is 2.22. The highest BCUT2D eigenvalue weighted by atomic mass is 16.6. The van der Waals surface area contributed by atoms with E-state index in [4.69, 9.17) is 4.63 Å². The molecular formula is C17H24N4O2. The molecule has 0 unspecified atom stereocenters. The third-order valence-corrected chi connectivity index (χ3v) is 4.72. The number of aromatic nitrogens is 2. The average Bonchev–Trinajstić information content (AvgIpc) is 3.01. The van der Waals surface area contributed by atoms with Crippen molar-refractivity contribution >= 4 is 16.9 Å². The first-order valence-corrected chi connectivity index (χ1v) is 8.25. The van der Waals surface area contributed by atoms with E-state index in [1.165, 1.54) is 0 Å². The second kappa shape index (κ2) is 6.66. The number of carbonyl (C=O) groups excluding carboxylic acids is 1. The SMILES string of the molecule is CC(C)N1CCC(C(=O)N(C)Cc2ccc3nonc3c2)CC1. The van der Waals surface area contributed by atoms with Gasteiger partial charge in [0.05, 0.1) is 0 Å². The van der Waals surface area contributed by atoms with Crippen LogP contribution in [0.25, 0.3) is 11.0 Å². The molecule has 2 aromatic rings. The highest BCUT2D eigenvalue weighted by Gasteiger charge is 2.28. The molecule has 6 heteroatoms. The quantitative estimate of drug-likeness (QED) is 0.866. The molecule has 3 rings (SSSR count). The van der Waals surface area contributed by atoms with Gasteiger partial charge in [0.2, 0.25) is 5.91 Å². The molecule has 1 aliphatic rings. The molecule has 1 aromatic carbocycles. The number of amides is 1. The third kappa shape index (κ3) is 3.52. The Labute approximate surface area is 136 Å². The maximum absolute atomic E-state index is 12.7. The lowest BCUT2D eigenvalue weighted by atomic mass is 9.94. The first-order chi connectivity index (χ1) is 11.0. The zero-order valence-corrected chi connectivity index (χ0v) is 14.0. The Kier molecular flexibility index (Phi) is 4.61. The van der Waals surface area contributed by atoms with E-state index in [-0.39, 0.29) is 11.8 Å². The fourth-order valence-electron chi connectivity index (χ4n) is 3.25. The van der Waals surface area contributed by atoms with Crippen LogP contribution >= 0.6 is 0 Å². The van der Waals surface area contributed by atoms with Gasteiger partial charge < -0.3 is 9.80 Å². The molecule has 124 valence electrons. The maximum Gasteiger partial charge on any atom is 0.225 e. The van der Waals surface area contributed by atoms with Crippen LogP contribution < -0.4 is 0 Å². The number of rotatable bonds is 4. The monoisotopic (exact) mass is 316 g/mol. The Morgan fingerprint density at radius 1 is 1.30 bits per heavy atom. The van der Waals surface area contributed by atoms with Gasteiger partial charge in [-0.1, -0.05) is 6.07 Å². The van der Waals surface area contributed by atoms with Crippen molar-refractivity contribution in [3.63, 3.8) is 0 Å². The third-order valence-electron chi connectivity index (χ3n) is 4.72. The summed E-state index contributed by atoms with van der Waals surface area (Å²) in [6, 6.07) is 6.33. The highest BCUT2D eigenvalue weighted by molar-refractivity contribution is 5.79. The number of hydrogen-bond acceptors (Lipinski definition) is 5. The minimum atomic E-state index is 0.146. The topological polar surface area (TPSA) is 62.5 Å². The fraction of sp³-hybridized carbons (Fsp3) is 0.588. The summed E-state index contributed by atoms with van der Waals surface area (Å²) in [7, 11) is 1.88. The van der Waals surface area contributed by atoms with Crippen LogP contribution in [-0.4, -0.2) is 52.2 Å². The van der Waals surface area contributed by atoms with Crippen LogP contribution in [0.4, 0.5) is 0 Å². The molecule has 0 atom stereocenters. The Morgan fingerprint density at radius 2 is 2.00 bits per heavy atom. The largest absolute Gasteiger partial charge is 0.341 e. The standard InChI is InChI=1S/C17H24N4O2/c1-12(2)21-8-6-14(7-9-21)17(22)20(3)11-13-4-5-15-16(10-13)19-23-18-15/h4-5,10,12,14H,6-9,11H2,1-3H3. The summed E-state index contributed by atoms with van der Waals surface area (Å²) in [5.74, 6) is 0.388. The molecule has 0 bridgehead atoms. The van der Waals surface area contributed by atoms with Crippen LogP contribution in [-0.2, 0) is 11.3 Å². The van der Waals surface area contributed by atoms with Gasteiger partial charge in [-0.2, -0.15) is 0 Å². The number of likely N-dealkylation sites (tertiary alicyclic amines) is 1. The summed E-state index contributed by atoms with van der Waals surface area (Å²) < 4.78 is 4.71. The molecule has 0 saturated carbocycles.